The molecule has 0 aromatic heterocycles. The van der Waals surface area contributed by atoms with E-state index in [-0.39, 0.29) is 28.3 Å². The molecule has 0 spiro atoms. The standard InChI is InChI=1S/C24H19NO6/c1-16-6-8-17(9-7-16)10-13-22(26)21-12-11-20(30-2)15-23(21)31-24(27)18-4-3-5-19(14-18)25(28)29/h3-15H,1-2H3/b13-10+. The minimum atomic E-state index is -0.825. The third-order valence-corrected chi connectivity index (χ3v) is 4.45. The third kappa shape index (κ3) is 5.42. The largest absolute Gasteiger partial charge is 0.497 e. The van der Waals surface area contributed by atoms with Gasteiger partial charge in [0.15, 0.2) is 5.78 Å². The summed E-state index contributed by atoms with van der Waals surface area (Å²) in [6.07, 6.45) is 3.05. The highest BCUT2D eigenvalue weighted by Crippen LogP contribution is 2.27. The predicted octanol–water partition coefficient (Wildman–Crippen LogP) is 5.03. The van der Waals surface area contributed by atoms with Crippen LogP contribution in [0.4, 0.5) is 5.69 Å². The van der Waals surface area contributed by atoms with Crippen molar-refractivity contribution < 1.29 is 24.0 Å². The van der Waals surface area contributed by atoms with E-state index in [4.69, 9.17) is 9.47 Å². The maximum Gasteiger partial charge on any atom is 0.343 e. The number of allylic oxidation sites excluding steroid dienone is 1. The topological polar surface area (TPSA) is 95.7 Å². The Labute approximate surface area is 178 Å². The van der Waals surface area contributed by atoms with Crippen LogP contribution in [0.5, 0.6) is 11.5 Å². The van der Waals surface area contributed by atoms with Gasteiger partial charge in [-0.3, -0.25) is 14.9 Å². The van der Waals surface area contributed by atoms with Gasteiger partial charge in [-0.1, -0.05) is 42.0 Å². The lowest BCUT2D eigenvalue weighted by Crippen LogP contribution is -2.11. The molecule has 0 saturated heterocycles. The van der Waals surface area contributed by atoms with Crippen LogP contribution >= 0.6 is 0 Å². The molecule has 7 nitrogen and oxygen atoms in total. The smallest absolute Gasteiger partial charge is 0.343 e. The minimum Gasteiger partial charge on any atom is -0.497 e. The van der Waals surface area contributed by atoms with Crippen LogP contribution in [0.25, 0.3) is 6.08 Å². The zero-order chi connectivity index (χ0) is 22.4. The summed E-state index contributed by atoms with van der Waals surface area (Å²) in [6, 6.07) is 17.3. The number of nitro groups is 1. The molecule has 156 valence electrons. The zero-order valence-electron chi connectivity index (χ0n) is 16.9. The number of ether oxygens (including phenoxy) is 2. The van der Waals surface area contributed by atoms with Gasteiger partial charge in [0.1, 0.15) is 11.5 Å². The summed E-state index contributed by atoms with van der Waals surface area (Å²) in [5.41, 5.74) is 1.86. The molecule has 0 radical (unpaired) electrons. The normalized spacial score (nSPS) is 10.6. The van der Waals surface area contributed by atoms with Gasteiger partial charge in [0, 0.05) is 18.2 Å². The van der Waals surface area contributed by atoms with Gasteiger partial charge in [-0.2, -0.15) is 0 Å². The Bertz CT molecular complexity index is 1160. The van der Waals surface area contributed by atoms with Gasteiger partial charge in [-0.05, 0) is 36.8 Å². The summed E-state index contributed by atoms with van der Waals surface area (Å²) in [4.78, 5) is 35.7. The van der Waals surface area contributed by atoms with E-state index in [1.165, 1.54) is 43.5 Å². The van der Waals surface area contributed by atoms with Crippen molar-refractivity contribution in [2.45, 2.75) is 6.92 Å². The van der Waals surface area contributed by atoms with Crippen molar-refractivity contribution in [3.8, 4) is 11.5 Å². The van der Waals surface area contributed by atoms with E-state index in [0.717, 1.165) is 17.2 Å². The molecule has 3 rings (SSSR count). The van der Waals surface area contributed by atoms with Crippen molar-refractivity contribution >= 4 is 23.5 Å². The molecule has 7 heteroatoms. The van der Waals surface area contributed by atoms with E-state index in [0.29, 0.717) is 5.75 Å². The van der Waals surface area contributed by atoms with Crippen molar-refractivity contribution in [2.75, 3.05) is 7.11 Å². The second-order valence-corrected chi connectivity index (χ2v) is 6.67. The Kier molecular flexibility index (Phi) is 6.57. The molecule has 3 aromatic rings. The number of rotatable bonds is 7. The maximum absolute atomic E-state index is 12.8. The first kappa shape index (κ1) is 21.4. The molecule has 0 aliphatic rings. The fourth-order valence-electron chi connectivity index (χ4n) is 2.76. The summed E-state index contributed by atoms with van der Waals surface area (Å²) in [6.45, 7) is 1.97. The number of ketones is 1. The molecule has 0 atom stereocenters. The third-order valence-electron chi connectivity index (χ3n) is 4.45. The van der Waals surface area contributed by atoms with E-state index in [2.05, 4.69) is 0 Å². The Balaban J connectivity index is 1.88. The van der Waals surface area contributed by atoms with Gasteiger partial charge in [0.2, 0.25) is 0 Å². The molecule has 3 aromatic carbocycles. The minimum absolute atomic E-state index is 0.00517. The second kappa shape index (κ2) is 9.49. The van der Waals surface area contributed by atoms with Crippen molar-refractivity contribution in [1.29, 1.82) is 0 Å². The lowest BCUT2D eigenvalue weighted by Gasteiger charge is -2.10. The first-order valence-electron chi connectivity index (χ1n) is 9.31. The van der Waals surface area contributed by atoms with Gasteiger partial charge >= 0.3 is 5.97 Å². The van der Waals surface area contributed by atoms with Crippen LogP contribution in [0, 0.1) is 17.0 Å². The number of non-ortho nitro benzene ring substituents is 1. The molecule has 0 bridgehead atoms. The summed E-state index contributed by atoms with van der Waals surface area (Å²) >= 11 is 0. The number of aryl methyl sites for hydroxylation is 1. The summed E-state index contributed by atoms with van der Waals surface area (Å²) < 4.78 is 10.6. The first-order valence-corrected chi connectivity index (χ1v) is 9.31. The Morgan fingerprint density at radius 1 is 1.00 bits per heavy atom. The van der Waals surface area contributed by atoms with E-state index in [1.807, 2.05) is 31.2 Å². The van der Waals surface area contributed by atoms with Crippen molar-refractivity contribution in [2.24, 2.45) is 0 Å². The van der Waals surface area contributed by atoms with Crippen molar-refractivity contribution in [1.82, 2.24) is 0 Å². The summed E-state index contributed by atoms with van der Waals surface area (Å²) in [5.74, 6) is -0.811. The monoisotopic (exact) mass is 417 g/mol. The predicted molar refractivity (Wildman–Crippen MR) is 116 cm³/mol. The average molecular weight is 417 g/mol. The van der Waals surface area contributed by atoms with Gasteiger partial charge in [0.05, 0.1) is 23.2 Å². The quantitative estimate of drug-likeness (QED) is 0.134. The van der Waals surface area contributed by atoms with Crippen LogP contribution in [0.1, 0.15) is 31.8 Å². The highest BCUT2D eigenvalue weighted by molar-refractivity contribution is 6.09. The lowest BCUT2D eigenvalue weighted by molar-refractivity contribution is -0.384. The van der Waals surface area contributed by atoms with E-state index in [9.17, 15) is 19.7 Å². The zero-order valence-corrected chi connectivity index (χ0v) is 16.9. The average Bonchev–Trinajstić information content (AvgIpc) is 2.78. The molecular formula is C24H19NO6. The van der Waals surface area contributed by atoms with Gasteiger partial charge in [0.25, 0.3) is 5.69 Å². The fraction of sp³-hybridized carbons (Fsp3) is 0.0833. The van der Waals surface area contributed by atoms with Crippen molar-refractivity contribution in [3.63, 3.8) is 0 Å². The molecule has 0 fully saturated rings. The molecule has 31 heavy (non-hydrogen) atoms. The summed E-state index contributed by atoms with van der Waals surface area (Å²) in [7, 11) is 1.44. The Hall–Kier alpha value is -4.26. The van der Waals surface area contributed by atoms with Crippen LogP contribution in [0.2, 0.25) is 0 Å². The van der Waals surface area contributed by atoms with Crippen molar-refractivity contribution in [3.05, 3.63) is 105 Å². The Morgan fingerprint density at radius 2 is 1.74 bits per heavy atom. The van der Waals surface area contributed by atoms with E-state index in [1.54, 1.807) is 12.1 Å². The number of hydrogen-bond acceptors (Lipinski definition) is 6. The number of benzene rings is 3. The number of carbonyl (C=O) groups excluding carboxylic acids is 2. The molecule has 0 amide bonds. The van der Waals surface area contributed by atoms with E-state index < -0.39 is 10.9 Å². The molecule has 0 N–H and O–H groups in total. The van der Waals surface area contributed by atoms with Crippen LogP contribution in [-0.2, 0) is 0 Å². The second-order valence-electron chi connectivity index (χ2n) is 6.67. The molecule has 0 unspecified atom stereocenters. The number of nitrogens with zero attached hydrogens (tertiary/aromatic N) is 1. The van der Waals surface area contributed by atoms with Crippen LogP contribution in [0.15, 0.2) is 72.8 Å². The number of methoxy groups -OCH3 is 1. The maximum atomic E-state index is 12.8. The van der Waals surface area contributed by atoms with Gasteiger partial charge in [-0.25, -0.2) is 4.79 Å². The lowest BCUT2D eigenvalue weighted by atomic mass is 10.1. The van der Waals surface area contributed by atoms with Gasteiger partial charge < -0.3 is 9.47 Å². The molecule has 0 aliphatic heterocycles. The SMILES string of the molecule is COc1ccc(C(=O)/C=C/c2ccc(C)cc2)c(OC(=O)c2cccc([N+](=O)[O-])c2)c1. The molecule has 0 heterocycles. The number of hydrogen-bond donors (Lipinski definition) is 0. The fourth-order valence-corrected chi connectivity index (χ4v) is 2.76. The highest BCUT2D eigenvalue weighted by Gasteiger charge is 2.18. The van der Waals surface area contributed by atoms with Gasteiger partial charge in [-0.15, -0.1) is 0 Å². The summed E-state index contributed by atoms with van der Waals surface area (Å²) in [5, 5.41) is 11.0. The number of nitro benzene ring substituents is 1. The highest BCUT2D eigenvalue weighted by atomic mass is 16.6. The first-order chi connectivity index (χ1) is 14.9. The number of carbonyl (C=O) groups is 2. The van der Waals surface area contributed by atoms with Crippen LogP contribution in [-0.4, -0.2) is 23.8 Å². The number of esters is 1. The molecule has 0 saturated carbocycles. The Morgan fingerprint density at radius 3 is 2.42 bits per heavy atom. The van der Waals surface area contributed by atoms with E-state index >= 15 is 0 Å². The molecule has 0 aliphatic carbocycles. The molecular weight excluding hydrogens is 398 g/mol. The van der Waals surface area contributed by atoms with Crippen LogP contribution < -0.4 is 9.47 Å². The van der Waals surface area contributed by atoms with Crippen LogP contribution in [0.3, 0.4) is 0 Å².